The zero-order valence-corrected chi connectivity index (χ0v) is 8.49. The van der Waals surface area contributed by atoms with E-state index in [1.54, 1.807) is 0 Å². The number of hydrogen-bond acceptors (Lipinski definition) is 4. The topological polar surface area (TPSA) is 73.6 Å². The second-order valence-electron chi connectivity index (χ2n) is 3.43. The van der Waals surface area contributed by atoms with Crippen LogP contribution in [0.2, 0.25) is 0 Å². The molecule has 1 saturated heterocycles. The van der Waals surface area contributed by atoms with Crippen molar-refractivity contribution in [2.75, 3.05) is 33.4 Å². The van der Waals surface area contributed by atoms with Gasteiger partial charge in [0.15, 0.2) is 0 Å². The molecule has 5 nitrogen and oxygen atoms in total. The van der Waals surface area contributed by atoms with Crippen LogP contribution in [0.5, 0.6) is 0 Å². The van der Waals surface area contributed by atoms with E-state index in [0.717, 1.165) is 19.6 Å². The van der Waals surface area contributed by atoms with Gasteiger partial charge in [-0.25, -0.2) is 0 Å². The number of rotatable bonds is 5. The predicted molar refractivity (Wildman–Crippen MR) is 51.8 cm³/mol. The Morgan fingerprint density at radius 2 is 2.57 bits per heavy atom. The lowest BCUT2D eigenvalue weighted by atomic mass is 10.1. The molecule has 0 aromatic heterocycles. The predicted octanol–water partition coefficient (Wildman–Crippen LogP) is -0.887. The third-order valence-corrected chi connectivity index (χ3v) is 2.38. The van der Waals surface area contributed by atoms with E-state index in [2.05, 4.69) is 5.32 Å². The maximum Gasteiger partial charge on any atom is 0.250 e. The van der Waals surface area contributed by atoms with Crippen LogP contribution < -0.4 is 11.1 Å². The van der Waals surface area contributed by atoms with Crippen molar-refractivity contribution in [1.82, 2.24) is 5.32 Å². The lowest BCUT2D eigenvalue weighted by molar-refractivity contribution is -0.130. The number of amides is 1. The molecule has 14 heavy (non-hydrogen) atoms. The number of methoxy groups -OCH3 is 1. The molecule has 1 aliphatic heterocycles. The quantitative estimate of drug-likeness (QED) is 0.606. The normalized spacial score (nSPS) is 23.4. The average Bonchev–Trinajstić information content (AvgIpc) is 2.69. The summed E-state index contributed by atoms with van der Waals surface area (Å²) in [6.45, 7) is 2.40. The van der Waals surface area contributed by atoms with Gasteiger partial charge in [-0.15, -0.1) is 0 Å². The molecule has 0 radical (unpaired) electrons. The highest BCUT2D eigenvalue weighted by molar-refractivity contribution is 5.80. The Balaban J connectivity index is 2.18. The number of carbonyl (C=O) groups is 1. The van der Waals surface area contributed by atoms with Gasteiger partial charge in [-0.2, -0.15) is 0 Å². The minimum atomic E-state index is -0.530. The summed E-state index contributed by atoms with van der Waals surface area (Å²) in [5.74, 6) is 0.302. The molecule has 82 valence electrons. The van der Waals surface area contributed by atoms with E-state index in [9.17, 15) is 4.79 Å². The smallest absolute Gasteiger partial charge is 0.250 e. The molecular weight excluding hydrogens is 184 g/mol. The molecule has 5 heteroatoms. The minimum absolute atomic E-state index is 0.137. The van der Waals surface area contributed by atoms with Gasteiger partial charge in [0.1, 0.15) is 6.10 Å². The second kappa shape index (κ2) is 5.95. The zero-order chi connectivity index (χ0) is 10.4. The molecular formula is C9H18N2O3. The maximum absolute atomic E-state index is 11.4. The summed E-state index contributed by atoms with van der Waals surface area (Å²) in [4.78, 5) is 11.4. The Hall–Kier alpha value is -0.650. The number of nitrogens with two attached hydrogens (primary N) is 1. The van der Waals surface area contributed by atoms with Gasteiger partial charge in [-0.05, 0) is 6.42 Å². The fourth-order valence-corrected chi connectivity index (χ4v) is 1.41. The van der Waals surface area contributed by atoms with Crippen molar-refractivity contribution in [2.45, 2.75) is 12.5 Å². The first-order valence-electron chi connectivity index (χ1n) is 4.86. The van der Waals surface area contributed by atoms with E-state index in [1.807, 2.05) is 0 Å². The molecule has 1 rings (SSSR count). The molecule has 0 aliphatic carbocycles. The Bertz CT molecular complexity index is 177. The molecule has 1 amide bonds. The minimum Gasteiger partial charge on any atom is -0.381 e. The molecule has 2 unspecified atom stereocenters. The van der Waals surface area contributed by atoms with Crippen molar-refractivity contribution in [3.8, 4) is 0 Å². The van der Waals surface area contributed by atoms with E-state index >= 15 is 0 Å². The van der Waals surface area contributed by atoms with Crippen molar-refractivity contribution >= 4 is 5.91 Å². The van der Waals surface area contributed by atoms with Crippen LogP contribution in [-0.4, -0.2) is 45.4 Å². The molecule has 0 bridgehead atoms. The molecule has 1 heterocycles. The highest BCUT2D eigenvalue weighted by Crippen LogP contribution is 2.10. The number of ether oxygens (including phenoxy) is 2. The summed E-state index contributed by atoms with van der Waals surface area (Å²) in [5.41, 5.74) is 5.36. The van der Waals surface area contributed by atoms with Gasteiger partial charge in [-0.1, -0.05) is 0 Å². The van der Waals surface area contributed by atoms with Crippen LogP contribution in [0.3, 0.4) is 0 Å². The summed E-state index contributed by atoms with van der Waals surface area (Å²) >= 11 is 0. The first-order valence-corrected chi connectivity index (χ1v) is 4.86. The van der Waals surface area contributed by atoms with Gasteiger partial charge >= 0.3 is 0 Å². The zero-order valence-electron chi connectivity index (χ0n) is 8.49. The van der Waals surface area contributed by atoms with Crippen molar-refractivity contribution in [3.63, 3.8) is 0 Å². The highest BCUT2D eigenvalue weighted by Gasteiger charge is 2.19. The first kappa shape index (κ1) is 11.4. The van der Waals surface area contributed by atoms with Gasteiger partial charge < -0.3 is 20.5 Å². The van der Waals surface area contributed by atoms with E-state index in [4.69, 9.17) is 15.2 Å². The van der Waals surface area contributed by atoms with Crippen molar-refractivity contribution < 1.29 is 14.3 Å². The summed E-state index contributed by atoms with van der Waals surface area (Å²) in [5, 5.41) is 2.80. The lowest BCUT2D eigenvalue weighted by Gasteiger charge is -2.14. The summed E-state index contributed by atoms with van der Waals surface area (Å²) in [7, 11) is 1.48. The van der Waals surface area contributed by atoms with Gasteiger partial charge in [0.25, 0.3) is 0 Å². The van der Waals surface area contributed by atoms with Gasteiger partial charge in [0.2, 0.25) is 5.91 Å². The molecule has 0 spiro atoms. The Kier molecular flexibility index (Phi) is 4.86. The van der Waals surface area contributed by atoms with E-state index in [1.165, 1.54) is 7.11 Å². The first-order chi connectivity index (χ1) is 6.77. The standard InChI is InChI=1S/C9H18N2O3/c1-13-8(4-10)9(12)11-5-7-2-3-14-6-7/h7-8H,2-6,10H2,1H3,(H,11,12). The molecule has 2 atom stereocenters. The molecule has 1 fully saturated rings. The Labute approximate surface area is 83.9 Å². The van der Waals surface area contributed by atoms with Crippen LogP contribution in [0.1, 0.15) is 6.42 Å². The number of carbonyl (C=O) groups excluding carboxylic acids is 1. The fraction of sp³-hybridized carbons (Fsp3) is 0.889. The summed E-state index contributed by atoms with van der Waals surface area (Å²) < 4.78 is 10.1. The number of hydrogen-bond donors (Lipinski definition) is 2. The monoisotopic (exact) mass is 202 g/mol. The molecule has 0 aromatic rings. The highest BCUT2D eigenvalue weighted by atomic mass is 16.5. The van der Waals surface area contributed by atoms with Crippen molar-refractivity contribution in [3.05, 3.63) is 0 Å². The molecule has 0 saturated carbocycles. The second-order valence-corrected chi connectivity index (χ2v) is 3.43. The average molecular weight is 202 g/mol. The SMILES string of the molecule is COC(CN)C(=O)NCC1CCOC1. The van der Waals surface area contributed by atoms with Crippen LogP contribution >= 0.6 is 0 Å². The van der Waals surface area contributed by atoms with Crippen LogP contribution in [-0.2, 0) is 14.3 Å². The van der Waals surface area contributed by atoms with E-state index in [0.29, 0.717) is 12.5 Å². The van der Waals surface area contributed by atoms with Crippen LogP contribution in [0.25, 0.3) is 0 Å². The largest absolute Gasteiger partial charge is 0.381 e. The number of nitrogens with one attached hydrogen (secondary N) is 1. The summed E-state index contributed by atoms with van der Waals surface area (Å²) in [6, 6.07) is 0. The third kappa shape index (κ3) is 3.25. The van der Waals surface area contributed by atoms with E-state index in [-0.39, 0.29) is 12.5 Å². The van der Waals surface area contributed by atoms with Gasteiger partial charge in [0.05, 0.1) is 6.61 Å². The molecule has 0 aromatic carbocycles. The maximum atomic E-state index is 11.4. The lowest BCUT2D eigenvalue weighted by Crippen LogP contribution is -2.42. The van der Waals surface area contributed by atoms with Crippen molar-refractivity contribution in [1.29, 1.82) is 0 Å². The van der Waals surface area contributed by atoms with Gasteiger partial charge in [-0.3, -0.25) is 4.79 Å². The molecule has 3 N–H and O–H groups in total. The Morgan fingerprint density at radius 3 is 3.07 bits per heavy atom. The van der Waals surface area contributed by atoms with Gasteiger partial charge in [0, 0.05) is 32.7 Å². The van der Waals surface area contributed by atoms with E-state index < -0.39 is 6.10 Å². The van der Waals surface area contributed by atoms with Crippen LogP contribution in [0, 0.1) is 5.92 Å². The van der Waals surface area contributed by atoms with Crippen LogP contribution in [0.15, 0.2) is 0 Å². The summed E-state index contributed by atoms with van der Waals surface area (Å²) in [6.07, 6.45) is 0.484. The Morgan fingerprint density at radius 1 is 1.79 bits per heavy atom. The molecule has 1 aliphatic rings. The third-order valence-electron chi connectivity index (χ3n) is 2.38. The van der Waals surface area contributed by atoms with Crippen molar-refractivity contribution in [2.24, 2.45) is 11.7 Å². The van der Waals surface area contributed by atoms with Crippen LogP contribution in [0.4, 0.5) is 0 Å². The fourth-order valence-electron chi connectivity index (χ4n) is 1.41.